The summed E-state index contributed by atoms with van der Waals surface area (Å²) in [7, 11) is 0. The predicted molar refractivity (Wildman–Crippen MR) is 88.3 cm³/mol. The number of amides is 1. The van der Waals surface area contributed by atoms with Gasteiger partial charge in [-0.05, 0) is 12.5 Å². The van der Waals surface area contributed by atoms with Crippen LogP contribution in [0.5, 0.6) is 0 Å². The number of carbonyl (C=O) groups is 1. The minimum Gasteiger partial charge on any atom is -0.302 e. The minimum atomic E-state index is -0.437. The SMILES string of the molecule is CCCCCCCC(=O)Nc1nc2ccc([N+](=O)[O-])cc2s1. The van der Waals surface area contributed by atoms with Crippen LogP contribution in [0.4, 0.5) is 10.8 Å². The summed E-state index contributed by atoms with van der Waals surface area (Å²) in [5.74, 6) is -0.0509. The Bertz CT molecular complexity index is 669. The summed E-state index contributed by atoms with van der Waals surface area (Å²) in [5.41, 5.74) is 0.693. The monoisotopic (exact) mass is 321 g/mol. The molecule has 1 heterocycles. The summed E-state index contributed by atoms with van der Waals surface area (Å²) in [6.07, 6.45) is 5.98. The first-order chi connectivity index (χ1) is 10.6. The van der Waals surface area contributed by atoms with Gasteiger partial charge in [0.05, 0.1) is 15.1 Å². The van der Waals surface area contributed by atoms with Gasteiger partial charge >= 0.3 is 0 Å². The lowest BCUT2D eigenvalue weighted by molar-refractivity contribution is -0.384. The van der Waals surface area contributed by atoms with Gasteiger partial charge in [-0.2, -0.15) is 0 Å². The Kier molecular flexibility index (Phi) is 5.83. The number of hydrogen-bond donors (Lipinski definition) is 1. The topological polar surface area (TPSA) is 85.1 Å². The standard InChI is InChI=1S/C15H19N3O3S/c1-2-3-4-5-6-7-14(19)17-15-16-12-9-8-11(18(20)21)10-13(12)22-15/h8-10H,2-7H2,1H3,(H,16,17,19). The summed E-state index contributed by atoms with van der Waals surface area (Å²) < 4.78 is 0.701. The van der Waals surface area contributed by atoms with Crippen LogP contribution in [-0.4, -0.2) is 15.8 Å². The second-order valence-electron chi connectivity index (χ2n) is 5.14. The zero-order valence-electron chi connectivity index (χ0n) is 12.5. The lowest BCUT2D eigenvalue weighted by Gasteiger charge is -2.01. The zero-order chi connectivity index (χ0) is 15.9. The number of nitro groups is 1. The fourth-order valence-electron chi connectivity index (χ4n) is 2.15. The Balaban J connectivity index is 1.91. The number of carbonyl (C=O) groups excluding carboxylic acids is 1. The molecule has 1 N–H and O–H groups in total. The highest BCUT2D eigenvalue weighted by Crippen LogP contribution is 2.29. The van der Waals surface area contributed by atoms with Crippen molar-refractivity contribution in [3.8, 4) is 0 Å². The van der Waals surface area contributed by atoms with Gasteiger partial charge in [0.15, 0.2) is 5.13 Å². The van der Waals surface area contributed by atoms with Gasteiger partial charge in [-0.3, -0.25) is 14.9 Å². The van der Waals surface area contributed by atoms with Gasteiger partial charge in [0, 0.05) is 18.6 Å². The van der Waals surface area contributed by atoms with E-state index in [0.29, 0.717) is 21.8 Å². The second-order valence-corrected chi connectivity index (χ2v) is 6.17. The minimum absolute atomic E-state index is 0.0324. The second kappa shape index (κ2) is 7.84. The van der Waals surface area contributed by atoms with Crippen LogP contribution in [0.1, 0.15) is 45.4 Å². The maximum atomic E-state index is 11.8. The molecule has 1 amide bonds. The maximum absolute atomic E-state index is 11.8. The predicted octanol–water partition coefficient (Wildman–Crippen LogP) is 4.50. The van der Waals surface area contributed by atoms with Crippen molar-refractivity contribution in [1.29, 1.82) is 0 Å². The van der Waals surface area contributed by atoms with Crippen molar-refractivity contribution in [1.82, 2.24) is 4.98 Å². The molecule has 0 atom stereocenters. The van der Waals surface area contributed by atoms with E-state index < -0.39 is 4.92 Å². The van der Waals surface area contributed by atoms with Crippen LogP contribution in [0, 0.1) is 10.1 Å². The van der Waals surface area contributed by atoms with E-state index >= 15 is 0 Å². The van der Waals surface area contributed by atoms with E-state index in [9.17, 15) is 14.9 Å². The van der Waals surface area contributed by atoms with Crippen molar-refractivity contribution in [2.75, 3.05) is 5.32 Å². The normalized spacial score (nSPS) is 10.8. The third kappa shape index (κ3) is 4.49. The van der Waals surface area contributed by atoms with Gasteiger partial charge in [-0.15, -0.1) is 0 Å². The van der Waals surface area contributed by atoms with E-state index in [1.54, 1.807) is 6.07 Å². The summed E-state index contributed by atoms with van der Waals surface area (Å²) in [4.78, 5) is 26.4. The van der Waals surface area contributed by atoms with Crippen molar-refractivity contribution in [3.63, 3.8) is 0 Å². The number of unbranched alkanes of at least 4 members (excludes halogenated alkanes) is 4. The number of nitrogens with zero attached hydrogens (tertiary/aromatic N) is 2. The lowest BCUT2D eigenvalue weighted by atomic mass is 10.1. The van der Waals surface area contributed by atoms with E-state index in [4.69, 9.17) is 0 Å². The molecule has 0 aliphatic carbocycles. The fourth-order valence-corrected chi connectivity index (χ4v) is 3.07. The summed E-state index contributed by atoms with van der Waals surface area (Å²) in [6, 6.07) is 4.50. The molecule has 6 nitrogen and oxygen atoms in total. The van der Waals surface area contributed by atoms with Crippen molar-refractivity contribution >= 4 is 38.3 Å². The molecular formula is C15H19N3O3S. The van der Waals surface area contributed by atoms with Gasteiger partial charge in [0.25, 0.3) is 5.69 Å². The van der Waals surface area contributed by atoms with E-state index in [2.05, 4.69) is 17.2 Å². The Morgan fingerprint density at radius 1 is 1.32 bits per heavy atom. The number of rotatable bonds is 8. The van der Waals surface area contributed by atoms with Crippen molar-refractivity contribution < 1.29 is 9.72 Å². The van der Waals surface area contributed by atoms with E-state index in [0.717, 1.165) is 19.3 Å². The fraction of sp³-hybridized carbons (Fsp3) is 0.467. The van der Waals surface area contributed by atoms with E-state index in [1.165, 1.54) is 36.3 Å². The molecule has 0 aliphatic heterocycles. The van der Waals surface area contributed by atoms with Crippen LogP contribution in [0.25, 0.3) is 10.2 Å². The molecule has 0 bridgehead atoms. The highest BCUT2D eigenvalue weighted by molar-refractivity contribution is 7.22. The number of non-ortho nitro benzene ring substituents is 1. The number of benzene rings is 1. The number of anilines is 1. The molecule has 2 aromatic rings. The van der Waals surface area contributed by atoms with Gasteiger partial charge in [-0.25, -0.2) is 4.98 Å². The number of nitrogens with one attached hydrogen (secondary N) is 1. The third-order valence-corrected chi connectivity index (χ3v) is 4.27. The average Bonchev–Trinajstić information content (AvgIpc) is 2.87. The van der Waals surface area contributed by atoms with E-state index in [1.807, 2.05) is 0 Å². The maximum Gasteiger partial charge on any atom is 0.270 e. The number of hydrogen-bond acceptors (Lipinski definition) is 5. The first-order valence-corrected chi connectivity index (χ1v) is 8.26. The third-order valence-electron chi connectivity index (χ3n) is 3.34. The Labute approximate surface area is 132 Å². The van der Waals surface area contributed by atoms with E-state index in [-0.39, 0.29) is 11.6 Å². The quantitative estimate of drug-likeness (QED) is 0.440. The molecule has 118 valence electrons. The molecule has 0 unspecified atom stereocenters. The van der Waals surface area contributed by atoms with Crippen LogP contribution >= 0.6 is 11.3 Å². The number of aromatic nitrogens is 1. The van der Waals surface area contributed by atoms with Crippen LogP contribution in [-0.2, 0) is 4.79 Å². The highest BCUT2D eigenvalue weighted by atomic mass is 32.1. The largest absolute Gasteiger partial charge is 0.302 e. The molecule has 0 aliphatic rings. The van der Waals surface area contributed by atoms with Crippen LogP contribution in [0.2, 0.25) is 0 Å². The molecule has 7 heteroatoms. The summed E-state index contributed by atoms with van der Waals surface area (Å²) in [5, 5.41) is 14.0. The summed E-state index contributed by atoms with van der Waals surface area (Å²) >= 11 is 1.26. The van der Waals surface area contributed by atoms with Crippen LogP contribution in [0.15, 0.2) is 18.2 Å². The van der Waals surface area contributed by atoms with Gasteiger partial charge in [0.1, 0.15) is 0 Å². The Hall–Kier alpha value is -2.02. The summed E-state index contributed by atoms with van der Waals surface area (Å²) in [6.45, 7) is 2.16. The smallest absolute Gasteiger partial charge is 0.270 e. The lowest BCUT2D eigenvalue weighted by Crippen LogP contribution is -2.10. The average molecular weight is 321 g/mol. The van der Waals surface area contributed by atoms with Crippen LogP contribution in [0.3, 0.4) is 0 Å². The first kappa shape index (κ1) is 16.4. The van der Waals surface area contributed by atoms with Gasteiger partial charge in [-0.1, -0.05) is 43.9 Å². The highest BCUT2D eigenvalue weighted by Gasteiger charge is 2.11. The van der Waals surface area contributed by atoms with Crippen molar-refractivity contribution in [2.24, 2.45) is 0 Å². The van der Waals surface area contributed by atoms with Crippen molar-refractivity contribution in [2.45, 2.75) is 45.4 Å². The Morgan fingerprint density at radius 2 is 2.09 bits per heavy atom. The molecule has 0 fully saturated rings. The molecule has 2 rings (SSSR count). The molecule has 0 radical (unpaired) electrons. The zero-order valence-corrected chi connectivity index (χ0v) is 13.3. The molecule has 1 aromatic heterocycles. The number of fused-ring (bicyclic) bond motifs is 1. The molecular weight excluding hydrogens is 302 g/mol. The molecule has 0 saturated heterocycles. The van der Waals surface area contributed by atoms with Gasteiger partial charge < -0.3 is 5.32 Å². The van der Waals surface area contributed by atoms with Gasteiger partial charge in [0.2, 0.25) is 5.91 Å². The molecule has 1 aromatic carbocycles. The first-order valence-electron chi connectivity index (χ1n) is 7.45. The van der Waals surface area contributed by atoms with Crippen molar-refractivity contribution in [3.05, 3.63) is 28.3 Å². The van der Waals surface area contributed by atoms with Crippen LogP contribution < -0.4 is 5.32 Å². The molecule has 0 saturated carbocycles. The Morgan fingerprint density at radius 3 is 2.82 bits per heavy atom. The number of nitro benzene ring substituents is 1. The number of thiazole rings is 1. The molecule has 0 spiro atoms. The molecule has 22 heavy (non-hydrogen) atoms.